The van der Waals surface area contributed by atoms with Gasteiger partial charge in [0.25, 0.3) is 0 Å². The summed E-state index contributed by atoms with van der Waals surface area (Å²) in [6, 6.07) is 10.00. The van der Waals surface area contributed by atoms with Crippen LogP contribution >= 0.6 is 12.4 Å². The molecule has 2 N–H and O–H groups in total. The van der Waals surface area contributed by atoms with Crippen LogP contribution in [0.3, 0.4) is 0 Å². The first-order valence-corrected chi connectivity index (χ1v) is 9.25. The number of hydrogen-bond acceptors (Lipinski definition) is 4. The van der Waals surface area contributed by atoms with Gasteiger partial charge in [-0.05, 0) is 56.4 Å². The number of halogens is 1. The summed E-state index contributed by atoms with van der Waals surface area (Å²) < 4.78 is 11.9. The molecule has 2 fully saturated rings. The Bertz CT molecular complexity index is 535. The van der Waals surface area contributed by atoms with E-state index in [0.717, 1.165) is 25.9 Å². The van der Waals surface area contributed by atoms with Gasteiger partial charge in [0.1, 0.15) is 12.1 Å². The molecular formula is C20H30ClNO3. The Morgan fingerprint density at radius 3 is 2.56 bits per heavy atom. The fourth-order valence-corrected chi connectivity index (χ4v) is 3.54. The van der Waals surface area contributed by atoms with Crippen LogP contribution in [-0.4, -0.2) is 30.8 Å². The summed E-state index contributed by atoms with van der Waals surface area (Å²) in [6.07, 6.45) is 5.79. The van der Waals surface area contributed by atoms with Gasteiger partial charge in [0.05, 0.1) is 6.10 Å². The smallest absolute Gasteiger partial charge is 0.323 e. The third-order valence-electron chi connectivity index (χ3n) is 5.18. The number of cyclic esters (lactones) is 1. The summed E-state index contributed by atoms with van der Waals surface area (Å²) in [5.41, 5.74) is 7.25. The molecule has 140 valence electrons. The molecule has 0 radical (unpaired) electrons. The molecule has 3 rings (SSSR count). The minimum Gasteiger partial charge on any atom is -0.459 e. The van der Waals surface area contributed by atoms with E-state index in [-0.39, 0.29) is 30.6 Å². The van der Waals surface area contributed by atoms with Crippen molar-refractivity contribution in [1.82, 2.24) is 0 Å². The molecule has 1 heterocycles. The highest BCUT2D eigenvalue weighted by Crippen LogP contribution is 2.32. The summed E-state index contributed by atoms with van der Waals surface area (Å²) in [6.45, 7) is 2.73. The zero-order valence-corrected chi connectivity index (χ0v) is 15.8. The van der Waals surface area contributed by atoms with Gasteiger partial charge in [-0.1, -0.05) is 36.8 Å². The topological polar surface area (TPSA) is 61.5 Å². The van der Waals surface area contributed by atoms with Crippen LogP contribution in [0.5, 0.6) is 0 Å². The van der Waals surface area contributed by atoms with Crippen LogP contribution in [-0.2, 0) is 20.7 Å². The fourth-order valence-electron chi connectivity index (χ4n) is 3.54. The van der Waals surface area contributed by atoms with Crippen molar-refractivity contribution in [2.75, 3.05) is 6.61 Å². The first-order valence-electron chi connectivity index (χ1n) is 9.25. The van der Waals surface area contributed by atoms with Crippen molar-refractivity contribution in [1.29, 1.82) is 0 Å². The van der Waals surface area contributed by atoms with Crippen molar-refractivity contribution >= 4 is 18.4 Å². The molecule has 1 saturated carbocycles. The lowest BCUT2D eigenvalue weighted by Gasteiger charge is -2.31. The standard InChI is InChI=1S/C20H29NO3.ClH/c1-14-19(23-13-16-10-11-16)17(12-15-6-3-2-4-7-15)8-5-9-18(21)20(22)24-14;/h2-4,6-7,14,16-19H,5,8-13,21H2,1H3;1H/t14-,17+,18-,19-;/m0./s1. The van der Waals surface area contributed by atoms with E-state index in [4.69, 9.17) is 15.2 Å². The van der Waals surface area contributed by atoms with Crippen molar-refractivity contribution < 1.29 is 14.3 Å². The van der Waals surface area contributed by atoms with E-state index in [1.54, 1.807) is 0 Å². The lowest BCUT2D eigenvalue weighted by molar-refractivity contribution is -0.160. The molecule has 1 saturated heterocycles. The predicted octanol–water partition coefficient (Wildman–Crippen LogP) is 3.51. The van der Waals surface area contributed by atoms with Crippen LogP contribution in [0, 0.1) is 11.8 Å². The molecule has 0 unspecified atom stereocenters. The highest BCUT2D eigenvalue weighted by Gasteiger charge is 2.35. The number of ether oxygens (including phenoxy) is 2. The monoisotopic (exact) mass is 367 g/mol. The van der Waals surface area contributed by atoms with Gasteiger partial charge in [-0.2, -0.15) is 0 Å². The van der Waals surface area contributed by atoms with Crippen molar-refractivity contribution in [3.05, 3.63) is 35.9 Å². The lowest BCUT2D eigenvalue weighted by atomic mass is 9.87. The SMILES string of the molecule is C[C@@H]1OC(=O)[C@@H](N)CCC[C@H](Cc2ccccc2)[C@H]1OCC1CC1.Cl. The average Bonchev–Trinajstić information content (AvgIpc) is 3.38. The first-order chi connectivity index (χ1) is 11.6. The minimum absolute atomic E-state index is 0. The van der Waals surface area contributed by atoms with Crippen molar-refractivity contribution in [2.45, 2.75) is 63.7 Å². The van der Waals surface area contributed by atoms with Crippen molar-refractivity contribution in [3.8, 4) is 0 Å². The van der Waals surface area contributed by atoms with Crippen LogP contribution in [0.25, 0.3) is 0 Å². The molecule has 0 aromatic heterocycles. The predicted molar refractivity (Wildman–Crippen MR) is 101 cm³/mol. The van der Waals surface area contributed by atoms with Gasteiger partial charge in [-0.15, -0.1) is 12.4 Å². The average molecular weight is 368 g/mol. The van der Waals surface area contributed by atoms with E-state index in [0.29, 0.717) is 18.3 Å². The van der Waals surface area contributed by atoms with Gasteiger partial charge in [-0.25, -0.2) is 0 Å². The second-order valence-electron chi connectivity index (χ2n) is 7.37. The van der Waals surface area contributed by atoms with Gasteiger partial charge in [0.2, 0.25) is 0 Å². The Labute approximate surface area is 156 Å². The molecule has 1 aliphatic heterocycles. The number of nitrogens with two attached hydrogens (primary N) is 1. The maximum Gasteiger partial charge on any atom is 0.323 e. The molecule has 4 nitrogen and oxygen atoms in total. The number of esters is 1. The second kappa shape index (κ2) is 9.56. The third kappa shape index (κ3) is 5.98. The Hall–Kier alpha value is -1.10. The Balaban J connectivity index is 0.00000225. The van der Waals surface area contributed by atoms with Gasteiger partial charge in [0, 0.05) is 6.61 Å². The van der Waals surface area contributed by atoms with Crippen LogP contribution < -0.4 is 5.73 Å². The number of carbonyl (C=O) groups is 1. The lowest BCUT2D eigenvalue weighted by Crippen LogP contribution is -2.41. The molecule has 5 heteroatoms. The zero-order valence-electron chi connectivity index (χ0n) is 14.9. The van der Waals surface area contributed by atoms with E-state index in [9.17, 15) is 4.79 Å². The number of rotatable bonds is 5. The molecule has 0 amide bonds. The molecule has 1 aliphatic carbocycles. The first kappa shape index (κ1) is 20.2. The Kier molecular flexibility index (Phi) is 7.73. The normalized spacial score (nSPS) is 30.4. The van der Waals surface area contributed by atoms with Crippen LogP contribution in [0.15, 0.2) is 30.3 Å². The van der Waals surface area contributed by atoms with Crippen molar-refractivity contribution in [3.63, 3.8) is 0 Å². The molecule has 2 aliphatic rings. The van der Waals surface area contributed by atoms with E-state index >= 15 is 0 Å². The number of hydrogen-bond donors (Lipinski definition) is 1. The zero-order chi connectivity index (χ0) is 16.9. The third-order valence-corrected chi connectivity index (χ3v) is 5.18. The largest absolute Gasteiger partial charge is 0.459 e. The van der Waals surface area contributed by atoms with Gasteiger partial charge in [0.15, 0.2) is 0 Å². The molecule has 1 aromatic rings. The van der Waals surface area contributed by atoms with Gasteiger partial charge in [-0.3, -0.25) is 4.79 Å². The van der Waals surface area contributed by atoms with Gasteiger partial charge < -0.3 is 15.2 Å². The summed E-state index contributed by atoms with van der Waals surface area (Å²) in [5.74, 6) is 0.752. The van der Waals surface area contributed by atoms with Gasteiger partial charge >= 0.3 is 5.97 Å². The highest BCUT2D eigenvalue weighted by molar-refractivity contribution is 5.85. The van der Waals surface area contributed by atoms with Crippen LogP contribution in [0.2, 0.25) is 0 Å². The second-order valence-corrected chi connectivity index (χ2v) is 7.37. The summed E-state index contributed by atoms with van der Waals surface area (Å²) in [4.78, 5) is 12.1. The maximum absolute atomic E-state index is 12.1. The summed E-state index contributed by atoms with van der Waals surface area (Å²) >= 11 is 0. The molecule has 1 aromatic carbocycles. The molecular weight excluding hydrogens is 338 g/mol. The number of carbonyl (C=O) groups excluding carboxylic acids is 1. The summed E-state index contributed by atoms with van der Waals surface area (Å²) in [5, 5.41) is 0. The van der Waals surface area contributed by atoms with Crippen molar-refractivity contribution in [2.24, 2.45) is 17.6 Å². The number of benzene rings is 1. The van der Waals surface area contributed by atoms with E-state index in [1.807, 2.05) is 13.0 Å². The fraction of sp³-hybridized carbons (Fsp3) is 0.650. The van der Waals surface area contributed by atoms with E-state index in [1.165, 1.54) is 18.4 Å². The Morgan fingerprint density at radius 2 is 1.88 bits per heavy atom. The quantitative estimate of drug-likeness (QED) is 0.809. The van der Waals surface area contributed by atoms with Crippen LogP contribution in [0.1, 0.15) is 44.6 Å². The van der Waals surface area contributed by atoms with E-state index < -0.39 is 6.04 Å². The summed E-state index contributed by atoms with van der Waals surface area (Å²) in [7, 11) is 0. The Morgan fingerprint density at radius 1 is 1.16 bits per heavy atom. The molecule has 25 heavy (non-hydrogen) atoms. The van der Waals surface area contributed by atoms with Crippen LogP contribution in [0.4, 0.5) is 0 Å². The maximum atomic E-state index is 12.1. The molecule has 4 atom stereocenters. The van der Waals surface area contributed by atoms with E-state index in [2.05, 4.69) is 24.3 Å². The minimum atomic E-state index is -0.507. The molecule has 0 spiro atoms. The highest BCUT2D eigenvalue weighted by atomic mass is 35.5. The molecule has 0 bridgehead atoms.